The number of aromatic nitrogens is 3. The summed E-state index contributed by atoms with van der Waals surface area (Å²) in [5.41, 5.74) is 0.947. The SMILES string of the molecule is C=CCn1c(-c2ccccc2OC)nn(C[NH+]2CCC[C@@H]2c2cccs2)c1=S. The van der Waals surface area contributed by atoms with Gasteiger partial charge in [0.25, 0.3) is 0 Å². The van der Waals surface area contributed by atoms with Gasteiger partial charge in [-0.05, 0) is 35.8 Å². The minimum absolute atomic E-state index is 0.529. The van der Waals surface area contributed by atoms with Crippen molar-refractivity contribution in [2.24, 2.45) is 0 Å². The molecule has 0 spiro atoms. The van der Waals surface area contributed by atoms with Crippen LogP contribution in [-0.4, -0.2) is 28.0 Å². The van der Waals surface area contributed by atoms with Gasteiger partial charge in [-0.1, -0.05) is 24.3 Å². The maximum Gasteiger partial charge on any atom is 0.203 e. The first-order chi connectivity index (χ1) is 13.7. The molecule has 7 heteroatoms. The van der Waals surface area contributed by atoms with Gasteiger partial charge in [0.2, 0.25) is 4.77 Å². The summed E-state index contributed by atoms with van der Waals surface area (Å²) in [5, 5.41) is 7.08. The zero-order chi connectivity index (χ0) is 19.5. The first-order valence-electron chi connectivity index (χ1n) is 9.53. The molecular weight excluding hydrogens is 388 g/mol. The molecule has 2 atom stereocenters. The van der Waals surface area contributed by atoms with Crippen molar-refractivity contribution in [2.45, 2.75) is 32.1 Å². The standard InChI is InChI=1S/C21H24N4OS2/c1-3-12-24-20(16-8-4-5-10-18(16)26-2)22-25(21(24)27)15-23-13-6-9-17(23)19-11-7-14-28-19/h3-5,7-8,10-11,14,17H,1,6,9,12-13,15H2,2H3/p+1/t17-/m1/s1. The quantitative estimate of drug-likeness (QED) is 0.474. The normalized spacial score (nSPS) is 19.0. The number of nitrogens with zero attached hydrogens (tertiary/aromatic N) is 3. The van der Waals surface area contributed by atoms with Gasteiger partial charge in [-0.2, -0.15) is 4.68 Å². The van der Waals surface area contributed by atoms with E-state index >= 15 is 0 Å². The smallest absolute Gasteiger partial charge is 0.203 e. The van der Waals surface area contributed by atoms with E-state index in [9.17, 15) is 0 Å². The van der Waals surface area contributed by atoms with Crippen LogP contribution >= 0.6 is 23.6 Å². The summed E-state index contributed by atoms with van der Waals surface area (Å²) in [4.78, 5) is 2.97. The molecule has 3 heterocycles. The van der Waals surface area contributed by atoms with E-state index in [1.54, 1.807) is 7.11 Å². The number of quaternary nitrogens is 1. The van der Waals surface area contributed by atoms with E-state index in [1.165, 1.54) is 22.6 Å². The molecule has 3 aromatic rings. The molecule has 1 aromatic carbocycles. The highest BCUT2D eigenvalue weighted by atomic mass is 32.1. The van der Waals surface area contributed by atoms with Gasteiger partial charge in [0.1, 0.15) is 11.8 Å². The topological polar surface area (TPSA) is 36.4 Å². The van der Waals surface area contributed by atoms with Gasteiger partial charge < -0.3 is 9.64 Å². The molecule has 1 N–H and O–H groups in total. The Hall–Kier alpha value is -2.22. The van der Waals surface area contributed by atoms with Crippen LogP contribution in [0.5, 0.6) is 5.75 Å². The van der Waals surface area contributed by atoms with Gasteiger partial charge in [0, 0.05) is 19.4 Å². The number of methoxy groups -OCH3 is 1. The maximum absolute atomic E-state index is 5.80. The van der Waals surface area contributed by atoms with Crippen LogP contribution in [0, 0.1) is 4.77 Å². The van der Waals surface area contributed by atoms with Crippen LogP contribution in [0.2, 0.25) is 0 Å². The molecule has 1 aliphatic rings. The largest absolute Gasteiger partial charge is 0.496 e. The van der Waals surface area contributed by atoms with E-state index in [2.05, 4.69) is 24.1 Å². The van der Waals surface area contributed by atoms with Crippen molar-refractivity contribution in [1.29, 1.82) is 0 Å². The Kier molecular flexibility index (Phi) is 5.75. The summed E-state index contributed by atoms with van der Waals surface area (Å²) in [7, 11) is 1.68. The predicted molar refractivity (Wildman–Crippen MR) is 115 cm³/mol. The summed E-state index contributed by atoms with van der Waals surface area (Å²) < 4.78 is 10.3. The Morgan fingerprint density at radius 3 is 2.96 bits per heavy atom. The van der Waals surface area contributed by atoms with Gasteiger partial charge in [-0.15, -0.1) is 23.0 Å². The fraction of sp³-hybridized carbons (Fsp3) is 0.333. The number of benzene rings is 1. The Morgan fingerprint density at radius 2 is 2.21 bits per heavy atom. The summed E-state index contributed by atoms with van der Waals surface area (Å²) in [6, 6.07) is 12.9. The van der Waals surface area contributed by atoms with E-state index in [-0.39, 0.29) is 0 Å². The number of ether oxygens (including phenoxy) is 1. The van der Waals surface area contributed by atoms with Crippen LogP contribution in [0.4, 0.5) is 0 Å². The van der Waals surface area contributed by atoms with E-state index in [1.807, 2.05) is 50.9 Å². The van der Waals surface area contributed by atoms with Crippen LogP contribution in [-0.2, 0) is 13.2 Å². The minimum Gasteiger partial charge on any atom is -0.496 e. The lowest BCUT2D eigenvalue weighted by molar-refractivity contribution is -0.941. The van der Waals surface area contributed by atoms with E-state index in [0.29, 0.717) is 12.6 Å². The molecule has 28 heavy (non-hydrogen) atoms. The average molecular weight is 414 g/mol. The molecule has 1 fully saturated rings. The van der Waals surface area contributed by atoms with Crippen LogP contribution < -0.4 is 9.64 Å². The second-order valence-corrected chi connectivity index (χ2v) is 8.33. The first-order valence-corrected chi connectivity index (χ1v) is 10.8. The summed E-state index contributed by atoms with van der Waals surface area (Å²) >= 11 is 7.64. The fourth-order valence-corrected chi connectivity index (χ4v) is 5.18. The second-order valence-electron chi connectivity index (χ2n) is 6.98. The third-order valence-electron chi connectivity index (χ3n) is 5.31. The maximum atomic E-state index is 5.80. The van der Waals surface area contributed by atoms with Crippen molar-refractivity contribution in [3.63, 3.8) is 0 Å². The number of nitrogens with one attached hydrogen (secondary N) is 1. The van der Waals surface area contributed by atoms with Crippen LogP contribution in [0.3, 0.4) is 0 Å². The minimum atomic E-state index is 0.529. The molecule has 0 saturated carbocycles. The third kappa shape index (κ3) is 3.57. The third-order valence-corrected chi connectivity index (χ3v) is 6.72. The van der Waals surface area contributed by atoms with Crippen molar-refractivity contribution in [3.8, 4) is 17.1 Å². The van der Waals surface area contributed by atoms with Crippen LogP contribution in [0.15, 0.2) is 54.4 Å². The molecule has 0 amide bonds. The predicted octanol–water partition coefficient (Wildman–Crippen LogP) is 3.71. The number of thiophene rings is 1. The number of hydrogen-bond acceptors (Lipinski definition) is 4. The Morgan fingerprint density at radius 1 is 1.36 bits per heavy atom. The first kappa shape index (κ1) is 19.1. The van der Waals surface area contributed by atoms with E-state index < -0.39 is 0 Å². The Labute approximate surface area is 174 Å². The van der Waals surface area contributed by atoms with E-state index in [0.717, 1.165) is 35.1 Å². The van der Waals surface area contributed by atoms with Gasteiger partial charge in [0.05, 0.1) is 24.1 Å². The van der Waals surface area contributed by atoms with Crippen molar-refractivity contribution in [2.75, 3.05) is 13.7 Å². The van der Waals surface area contributed by atoms with Crippen molar-refractivity contribution in [3.05, 3.63) is 64.1 Å². The van der Waals surface area contributed by atoms with Crippen LogP contribution in [0.1, 0.15) is 23.8 Å². The summed E-state index contributed by atoms with van der Waals surface area (Å²) in [6.45, 7) is 6.43. The van der Waals surface area contributed by atoms with Crippen molar-refractivity contribution >= 4 is 23.6 Å². The molecule has 4 rings (SSSR count). The number of rotatable bonds is 7. The molecule has 0 radical (unpaired) electrons. The summed E-state index contributed by atoms with van der Waals surface area (Å²) in [6.07, 6.45) is 4.31. The molecule has 146 valence electrons. The van der Waals surface area contributed by atoms with Gasteiger partial charge in [-0.3, -0.25) is 4.57 Å². The molecule has 0 bridgehead atoms. The molecule has 2 aromatic heterocycles. The monoisotopic (exact) mass is 413 g/mol. The number of hydrogen-bond donors (Lipinski definition) is 1. The van der Waals surface area contributed by atoms with Gasteiger partial charge in [-0.25, -0.2) is 0 Å². The lowest BCUT2D eigenvalue weighted by Crippen LogP contribution is -3.09. The zero-order valence-electron chi connectivity index (χ0n) is 16.0. The second kappa shape index (κ2) is 8.43. The molecular formula is C21H25N4OS2+. The number of para-hydroxylation sites is 1. The lowest BCUT2D eigenvalue weighted by Gasteiger charge is -2.20. The highest BCUT2D eigenvalue weighted by Gasteiger charge is 2.31. The van der Waals surface area contributed by atoms with Crippen LogP contribution in [0.25, 0.3) is 11.4 Å². The zero-order valence-corrected chi connectivity index (χ0v) is 17.6. The molecule has 1 aliphatic heterocycles. The van der Waals surface area contributed by atoms with Gasteiger partial charge in [0.15, 0.2) is 12.5 Å². The van der Waals surface area contributed by atoms with Crippen molar-refractivity contribution in [1.82, 2.24) is 14.3 Å². The molecule has 1 unspecified atom stereocenters. The highest BCUT2D eigenvalue weighted by Crippen LogP contribution is 2.29. The number of likely N-dealkylation sites (tertiary alicyclic amines) is 1. The Bertz CT molecular complexity index is 1010. The summed E-state index contributed by atoms with van der Waals surface area (Å²) in [5.74, 6) is 1.62. The lowest BCUT2D eigenvalue weighted by atomic mass is 10.2. The van der Waals surface area contributed by atoms with Crippen molar-refractivity contribution < 1.29 is 9.64 Å². The molecule has 1 saturated heterocycles. The van der Waals surface area contributed by atoms with E-state index in [4.69, 9.17) is 22.1 Å². The number of allylic oxidation sites excluding steroid dienone is 1. The molecule has 0 aliphatic carbocycles. The fourth-order valence-electron chi connectivity index (χ4n) is 3.99. The molecule has 5 nitrogen and oxygen atoms in total. The Balaban J connectivity index is 1.70. The van der Waals surface area contributed by atoms with Gasteiger partial charge >= 0.3 is 0 Å². The highest BCUT2D eigenvalue weighted by molar-refractivity contribution is 7.71. The average Bonchev–Trinajstić information content (AvgIpc) is 3.45.